The SMILES string of the molecule is CCOC(=O)C1=CN(C(=O)c2ccc(F)c(F)c2)CC(C)(C)c2[nH]nc(C)c21. The van der Waals surface area contributed by atoms with E-state index in [-0.39, 0.29) is 24.3 Å². The molecule has 0 bridgehead atoms. The summed E-state index contributed by atoms with van der Waals surface area (Å²) < 4.78 is 32.0. The van der Waals surface area contributed by atoms with E-state index >= 15 is 0 Å². The Morgan fingerprint density at radius 2 is 2.00 bits per heavy atom. The summed E-state index contributed by atoms with van der Waals surface area (Å²) in [4.78, 5) is 26.9. The minimum Gasteiger partial charge on any atom is -0.462 e. The Morgan fingerprint density at radius 3 is 2.64 bits per heavy atom. The fourth-order valence-electron chi connectivity index (χ4n) is 3.31. The van der Waals surface area contributed by atoms with Crippen molar-refractivity contribution < 1.29 is 23.1 Å². The minimum absolute atomic E-state index is 0.0189. The molecular formula is C20H21F2N3O3. The average Bonchev–Trinajstić information content (AvgIpc) is 2.97. The molecule has 0 atom stereocenters. The van der Waals surface area contributed by atoms with Crippen molar-refractivity contribution in [3.63, 3.8) is 0 Å². The van der Waals surface area contributed by atoms with E-state index in [0.717, 1.165) is 12.1 Å². The van der Waals surface area contributed by atoms with E-state index in [0.29, 0.717) is 17.0 Å². The summed E-state index contributed by atoms with van der Waals surface area (Å²) in [5.41, 5.74) is 1.47. The van der Waals surface area contributed by atoms with Gasteiger partial charge in [-0.25, -0.2) is 13.6 Å². The number of esters is 1. The number of fused-ring (bicyclic) bond motifs is 1. The van der Waals surface area contributed by atoms with Crippen LogP contribution in [-0.2, 0) is 14.9 Å². The fourth-order valence-corrected chi connectivity index (χ4v) is 3.31. The Bertz CT molecular complexity index is 979. The summed E-state index contributed by atoms with van der Waals surface area (Å²) in [7, 11) is 0. The Kier molecular flexibility index (Phi) is 5.06. The van der Waals surface area contributed by atoms with Gasteiger partial charge in [-0.15, -0.1) is 0 Å². The molecule has 0 radical (unpaired) electrons. The van der Waals surface area contributed by atoms with Crippen LogP contribution in [0.3, 0.4) is 0 Å². The van der Waals surface area contributed by atoms with Crippen LogP contribution in [0.5, 0.6) is 0 Å². The van der Waals surface area contributed by atoms with Gasteiger partial charge in [-0.05, 0) is 32.0 Å². The molecule has 0 aliphatic carbocycles. The first kappa shape index (κ1) is 19.7. The molecule has 1 aliphatic heterocycles. The van der Waals surface area contributed by atoms with Crippen molar-refractivity contribution in [1.29, 1.82) is 0 Å². The molecule has 8 heteroatoms. The number of ether oxygens (including phenoxy) is 1. The van der Waals surface area contributed by atoms with Gasteiger partial charge in [0.15, 0.2) is 11.6 Å². The number of hydrogen-bond donors (Lipinski definition) is 1. The highest BCUT2D eigenvalue weighted by Gasteiger charge is 2.37. The van der Waals surface area contributed by atoms with Crippen molar-refractivity contribution in [2.45, 2.75) is 33.1 Å². The van der Waals surface area contributed by atoms with Crippen molar-refractivity contribution in [3.05, 3.63) is 58.5 Å². The van der Waals surface area contributed by atoms with Crippen molar-refractivity contribution in [2.75, 3.05) is 13.2 Å². The van der Waals surface area contributed by atoms with Gasteiger partial charge in [-0.2, -0.15) is 5.10 Å². The van der Waals surface area contributed by atoms with E-state index in [1.54, 1.807) is 13.8 Å². The second-order valence-electron chi connectivity index (χ2n) is 7.27. The number of carbonyl (C=O) groups excluding carboxylic acids is 2. The number of hydrogen-bond acceptors (Lipinski definition) is 4. The zero-order valence-electron chi connectivity index (χ0n) is 16.1. The molecule has 3 rings (SSSR count). The molecule has 0 fully saturated rings. The van der Waals surface area contributed by atoms with Gasteiger partial charge in [0.2, 0.25) is 0 Å². The first-order valence-corrected chi connectivity index (χ1v) is 8.86. The summed E-state index contributed by atoms with van der Waals surface area (Å²) in [5.74, 6) is -3.29. The predicted molar refractivity (Wildman–Crippen MR) is 98.4 cm³/mol. The standard InChI is InChI=1S/C20H21F2N3O3/c1-5-28-19(27)13-9-25(18(26)12-6-7-14(21)15(22)8-12)10-20(3,4)17-16(13)11(2)23-24-17/h6-9H,5,10H2,1-4H3,(H,23,24). The Hall–Kier alpha value is -3.03. The normalized spacial score (nSPS) is 15.5. The van der Waals surface area contributed by atoms with Crippen molar-refractivity contribution in [2.24, 2.45) is 0 Å². The van der Waals surface area contributed by atoms with Crippen LogP contribution in [-0.4, -0.2) is 40.1 Å². The fraction of sp³-hybridized carbons (Fsp3) is 0.350. The van der Waals surface area contributed by atoms with Crippen molar-refractivity contribution in [1.82, 2.24) is 15.1 Å². The number of aromatic amines is 1. The number of H-pyrrole nitrogens is 1. The second kappa shape index (κ2) is 7.18. The topological polar surface area (TPSA) is 75.3 Å². The molecule has 148 valence electrons. The third-order valence-electron chi connectivity index (χ3n) is 4.67. The van der Waals surface area contributed by atoms with Crippen LogP contribution in [0.25, 0.3) is 5.57 Å². The van der Waals surface area contributed by atoms with E-state index < -0.39 is 28.9 Å². The van der Waals surface area contributed by atoms with Gasteiger partial charge in [0.1, 0.15) is 0 Å². The maximum Gasteiger partial charge on any atom is 0.340 e. The van der Waals surface area contributed by atoms with Crippen LogP contribution in [0.1, 0.15) is 48.1 Å². The Morgan fingerprint density at radius 1 is 1.29 bits per heavy atom. The quantitative estimate of drug-likeness (QED) is 0.817. The maximum atomic E-state index is 13.6. The van der Waals surface area contributed by atoms with Crippen LogP contribution < -0.4 is 0 Å². The first-order chi connectivity index (χ1) is 13.2. The average molecular weight is 389 g/mol. The number of nitrogens with one attached hydrogen (secondary N) is 1. The molecule has 6 nitrogen and oxygen atoms in total. The van der Waals surface area contributed by atoms with Crippen LogP contribution in [0, 0.1) is 18.6 Å². The lowest BCUT2D eigenvalue weighted by molar-refractivity contribution is -0.136. The van der Waals surface area contributed by atoms with Gasteiger partial charge in [0.25, 0.3) is 5.91 Å². The summed E-state index contributed by atoms with van der Waals surface area (Å²) in [6, 6.07) is 2.96. The van der Waals surface area contributed by atoms with Gasteiger partial charge >= 0.3 is 5.97 Å². The maximum absolute atomic E-state index is 13.6. The van der Waals surface area contributed by atoms with Gasteiger partial charge in [0, 0.05) is 29.3 Å². The van der Waals surface area contributed by atoms with Gasteiger partial charge in [-0.3, -0.25) is 9.89 Å². The summed E-state index contributed by atoms with van der Waals surface area (Å²) >= 11 is 0. The number of nitrogens with zero attached hydrogens (tertiary/aromatic N) is 2. The molecule has 1 N–H and O–H groups in total. The van der Waals surface area contributed by atoms with Crippen LogP contribution in [0.15, 0.2) is 24.4 Å². The Labute approximate surface area is 161 Å². The summed E-state index contributed by atoms with van der Waals surface area (Å²) in [6.45, 7) is 7.61. The molecule has 1 aliphatic rings. The van der Waals surface area contributed by atoms with E-state index in [9.17, 15) is 18.4 Å². The molecule has 28 heavy (non-hydrogen) atoms. The number of carbonyl (C=O) groups is 2. The van der Waals surface area contributed by atoms with Gasteiger partial charge < -0.3 is 9.64 Å². The van der Waals surface area contributed by atoms with Crippen LogP contribution in [0.4, 0.5) is 8.78 Å². The molecule has 0 unspecified atom stereocenters. The third-order valence-corrected chi connectivity index (χ3v) is 4.67. The third kappa shape index (κ3) is 3.42. The van der Waals surface area contributed by atoms with E-state index in [2.05, 4.69) is 10.2 Å². The largest absolute Gasteiger partial charge is 0.462 e. The zero-order valence-corrected chi connectivity index (χ0v) is 16.1. The molecule has 1 aromatic carbocycles. The highest BCUT2D eigenvalue weighted by Crippen LogP contribution is 2.36. The monoisotopic (exact) mass is 389 g/mol. The number of aromatic nitrogens is 2. The molecule has 0 saturated heterocycles. The number of benzene rings is 1. The molecule has 0 spiro atoms. The molecule has 1 aromatic heterocycles. The van der Waals surface area contributed by atoms with Crippen LogP contribution in [0.2, 0.25) is 0 Å². The van der Waals surface area contributed by atoms with Gasteiger partial charge in [-0.1, -0.05) is 13.8 Å². The number of rotatable bonds is 3. The lowest BCUT2D eigenvalue weighted by Crippen LogP contribution is -2.37. The molecule has 0 saturated carbocycles. The molecule has 2 aromatic rings. The number of halogens is 2. The molecular weight excluding hydrogens is 368 g/mol. The number of aryl methyl sites for hydroxylation is 1. The molecule has 1 amide bonds. The lowest BCUT2D eigenvalue weighted by atomic mass is 9.85. The smallest absolute Gasteiger partial charge is 0.340 e. The highest BCUT2D eigenvalue weighted by atomic mass is 19.2. The van der Waals surface area contributed by atoms with E-state index in [1.165, 1.54) is 17.2 Å². The van der Waals surface area contributed by atoms with Gasteiger partial charge in [0.05, 0.1) is 23.6 Å². The zero-order chi connectivity index (χ0) is 20.6. The Balaban J connectivity index is 2.12. The van der Waals surface area contributed by atoms with Crippen molar-refractivity contribution in [3.8, 4) is 0 Å². The lowest BCUT2D eigenvalue weighted by Gasteiger charge is -2.28. The van der Waals surface area contributed by atoms with Crippen LogP contribution >= 0.6 is 0 Å². The highest BCUT2D eigenvalue weighted by molar-refractivity contribution is 6.18. The summed E-state index contributed by atoms with van der Waals surface area (Å²) in [6.07, 6.45) is 1.40. The predicted octanol–water partition coefficient (Wildman–Crippen LogP) is 3.33. The van der Waals surface area contributed by atoms with Crippen molar-refractivity contribution >= 4 is 17.4 Å². The number of amides is 1. The minimum atomic E-state index is -1.11. The van der Waals surface area contributed by atoms with E-state index in [1.807, 2.05) is 13.8 Å². The van der Waals surface area contributed by atoms with E-state index in [4.69, 9.17) is 4.74 Å². The first-order valence-electron chi connectivity index (χ1n) is 8.86. The molecule has 2 heterocycles. The second-order valence-corrected chi connectivity index (χ2v) is 7.27. The summed E-state index contributed by atoms with van der Waals surface area (Å²) in [5, 5.41) is 7.16.